The second-order valence-corrected chi connectivity index (χ2v) is 6.17. The monoisotopic (exact) mass is 242 g/mol. The Bertz CT molecular complexity index is 465. The lowest BCUT2D eigenvalue weighted by atomic mass is 9.90. The third-order valence-electron chi connectivity index (χ3n) is 3.50. The highest BCUT2D eigenvalue weighted by Gasteiger charge is 2.30. The molecule has 0 heterocycles. The molecule has 2 unspecified atom stereocenters. The predicted octanol–water partition coefficient (Wildman–Crippen LogP) is 2.00. The maximum atomic E-state index is 10.8. The Labute approximate surface area is 106 Å². The molecule has 0 spiro atoms. The van der Waals surface area contributed by atoms with Crippen molar-refractivity contribution >= 4 is 10.2 Å². The molecule has 1 nitrogen and oxygen atoms in total. The quantitative estimate of drug-likeness (QED) is 0.816. The van der Waals surface area contributed by atoms with Gasteiger partial charge in [0.05, 0.1) is 5.22 Å². The number of hydrogen-bond acceptors (Lipinski definition) is 1. The fourth-order valence-electron chi connectivity index (χ4n) is 2.09. The van der Waals surface area contributed by atoms with Gasteiger partial charge in [0, 0.05) is 16.2 Å². The van der Waals surface area contributed by atoms with Gasteiger partial charge in [-0.3, -0.25) is 0 Å². The molecule has 2 rings (SSSR count). The minimum absolute atomic E-state index is 0.123. The lowest BCUT2D eigenvalue weighted by Gasteiger charge is -2.31. The zero-order chi connectivity index (χ0) is 12.3. The summed E-state index contributed by atoms with van der Waals surface area (Å²) >= 11 is 0. The van der Waals surface area contributed by atoms with E-state index in [0.717, 1.165) is 5.56 Å². The van der Waals surface area contributed by atoms with Gasteiger partial charge in [0.1, 0.15) is 0 Å². The molecule has 0 saturated heterocycles. The second-order valence-electron chi connectivity index (χ2n) is 4.65. The highest BCUT2D eigenvalue weighted by atomic mass is 28.1. The Morgan fingerprint density at radius 3 is 1.94 bits per heavy atom. The summed E-state index contributed by atoms with van der Waals surface area (Å²) in [5.41, 5.74) is 2.21. The van der Waals surface area contributed by atoms with E-state index in [9.17, 15) is 5.11 Å². The van der Waals surface area contributed by atoms with E-state index < -0.39 is 5.22 Å². The predicted molar refractivity (Wildman–Crippen MR) is 75.1 cm³/mol. The van der Waals surface area contributed by atoms with Crippen molar-refractivity contribution in [1.29, 1.82) is 0 Å². The zero-order valence-electron chi connectivity index (χ0n) is 10.3. The Hall–Kier alpha value is -1.38. The third-order valence-corrected chi connectivity index (χ3v) is 4.94. The topological polar surface area (TPSA) is 20.2 Å². The molecule has 0 bridgehead atoms. The van der Waals surface area contributed by atoms with Gasteiger partial charge in [0.25, 0.3) is 0 Å². The first-order valence-corrected chi connectivity index (χ1v) is 6.95. The fraction of sp³-hybridized carbons (Fsp3) is 0.200. The number of aliphatic hydroxyl groups is 1. The van der Waals surface area contributed by atoms with Crippen LogP contribution in [-0.4, -0.2) is 15.3 Å². The van der Waals surface area contributed by atoms with Gasteiger partial charge in [-0.15, -0.1) is 0 Å². The Kier molecular flexibility index (Phi) is 3.45. The summed E-state index contributed by atoms with van der Waals surface area (Å²) < 4.78 is 0. The van der Waals surface area contributed by atoms with Gasteiger partial charge in [-0.2, -0.15) is 0 Å². The largest absolute Gasteiger partial charge is 0.389 e. The van der Waals surface area contributed by atoms with Crippen molar-refractivity contribution in [3.05, 3.63) is 71.8 Å². The summed E-state index contributed by atoms with van der Waals surface area (Å²) in [6.07, 6.45) is 0. The molecule has 0 aliphatic heterocycles. The van der Waals surface area contributed by atoms with Crippen LogP contribution in [0.1, 0.15) is 24.0 Å². The Morgan fingerprint density at radius 1 is 0.941 bits per heavy atom. The molecule has 2 aromatic carbocycles. The van der Waals surface area contributed by atoms with Crippen molar-refractivity contribution in [2.45, 2.75) is 18.1 Å². The van der Waals surface area contributed by atoms with E-state index in [1.807, 2.05) is 48.5 Å². The summed E-state index contributed by atoms with van der Waals surface area (Å²) in [7, 11) is 0.710. The fourth-order valence-corrected chi connectivity index (χ4v) is 2.76. The van der Waals surface area contributed by atoms with Gasteiger partial charge in [-0.1, -0.05) is 67.6 Å². The molecule has 0 saturated carbocycles. The number of benzene rings is 2. The average molecular weight is 242 g/mol. The molecule has 2 heteroatoms. The van der Waals surface area contributed by atoms with E-state index in [2.05, 4.69) is 19.1 Å². The molecule has 0 aliphatic carbocycles. The van der Waals surface area contributed by atoms with Crippen LogP contribution in [0.15, 0.2) is 60.7 Å². The van der Waals surface area contributed by atoms with E-state index in [1.54, 1.807) is 0 Å². The normalized spacial score (nSPS) is 16.4. The molecule has 0 fully saturated rings. The molecule has 17 heavy (non-hydrogen) atoms. The van der Waals surface area contributed by atoms with Crippen molar-refractivity contribution in [2.24, 2.45) is 0 Å². The van der Waals surface area contributed by atoms with Crippen molar-refractivity contribution in [3.8, 4) is 0 Å². The SMILES string of the molecule is CC(c1ccccc1)C(O)([SiH3])c1ccccc1. The van der Waals surface area contributed by atoms with Crippen LogP contribution in [0.5, 0.6) is 0 Å². The maximum absolute atomic E-state index is 10.8. The minimum Gasteiger partial charge on any atom is -0.389 e. The summed E-state index contributed by atoms with van der Waals surface area (Å²) in [6.45, 7) is 2.09. The summed E-state index contributed by atoms with van der Waals surface area (Å²) in [5, 5.41) is 10.1. The van der Waals surface area contributed by atoms with Gasteiger partial charge in [0.2, 0.25) is 0 Å². The lowest BCUT2D eigenvalue weighted by Crippen LogP contribution is -2.32. The van der Waals surface area contributed by atoms with Crippen LogP contribution in [0.25, 0.3) is 0 Å². The molecule has 0 radical (unpaired) electrons. The summed E-state index contributed by atoms with van der Waals surface area (Å²) in [4.78, 5) is 0. The van der Waals surface area contributed by atoms with E-state index in [-0.39, 0.29) is 5.92 Å². The highest BCUT2D eigenvalue weighted by molar-refractivity contribution is 6.15. The molecule has 88 valence electrons. The van der Waals surface area contributed by atoms with E-state index >= 15 is 0 Å². The van der Waals surface area contributed by atoms with E-state index in [0.29, 0.717) is 10.2 Å². The highest BCUT2D eigenvalue weighted by Crippen LogP contribution is 2.33. The van der Waals surface area contributed by atoms with Gasteiger partial charge >= 0.3 is 0 Å². The first kappa shape index (κ1) is 12.1. The third kappa shape index (κ3) is 2.48. The van der Waals surface area contributed by atoms with Gasteiger partial charge in [0.15, 0.2) is 0 Å². The van der Waals surface area contributed by atoms with Gasteiger partial charge in [-0.25, -0.2) is 0 Å². The van der Waals surface area contributed by atoms with Crippen molar-refractivity contribution in [3.63, 3.8) is 0 Å². The lowest BCUT2D eigenvalue weighted by molar-refractivity contribution is 0.101. The van der Waals surface area contributed by atoms with Crippen LogP contribution in [0.3, 0.4) is 0 Å². The van der Waals surface area contributed by atoms with Crippen LogP contribution in [0, 0.1) is 0 Å². The van der Waals surface area contributed by atoms with Crippen molar-refractivity contribution in [2.75, 3.05) is 0 Å². The van der Waals surface area contributed by atoms with Gasteiger partial charge < -0.3 is 5.11 Å². The van der Waals surface area contributed by atoms with Crippen LogP contribution in [0.2, 0.25) is 0 Å². The summed E-state index contributed by atoms with van der Waals surface area (Å²) in [6, 6.07) is 20.2. The molecule has 0 aromatic heterocycles. The molecular formula is C15H18OSi. The molecule has 1 N–H and O–H groups in total. The molecule has 0 amide bonds. The van der Waals surface area contributed by atoms with Crippen molar-refractivity contribution in [1.82, 2.24) is 0 Å². The number of hydrogen-bond donors (Lipinski definition) is 1. The molecule has 2 aromatic rings. The average Bonchev–Trinajstić information content (AvgIpc) is 2.40. The van der Waals surface area contributed by atoms with Crippen LogP contribution in [0.4, 0.5) is 0 Å². The van der Waals surface area contributed by atoms with Crippen LogP contribution in [-0.2, 0) is 5.22 Å². The van der Waals surface area contributed by atoms with E-state index in [1.165, 1.54) is 5.56 Å². The molecule has 0 aliphatic rings. The summed E-state index contributed by atoms with van der Waals surface area (Å²) in [5.74, 6) is 0.123. The molecule has 2 atom stereocenters. The van der Waals surface area contributed by atoms with Crippen LogP contribution < -0.4 is 0 Å². The number of rotatable bonds is 3. The smallest absolute Gasteiger partial charge is 0.0753 e. The zero-order valence-corrected chi connectivity index (χ0v) is 12.3. The Balaban J connectivity index is 2.33. The first-order chi connectivity index (χ1) is 8.12. The van der Waals surface area contributed by atoms with Gasteiger partial charge in [-0.05, 0) is 11.1 Å². The standard InChI is InChI=1S/C15H18OSi/c1-12(13-8-4-2-5-9-13)15(16,17)14-10-6-3-7-11-14/h2-12,16H,1,17H3. The first-order valence-electron chi connectivity index (χ1n) is 5.95. The Morgan fingerprint density at radius 2 is 1.41 bits per heavy atom. The minimum atomic E-state index is -0.706. The second kappa shape index (κ2) is 4.86. The van der Waals surface area contributed by atoms with Crippen molar-refractivity contribution < 1.29 is 5.11 Å². The van der Waals surface area contributed by atoms with Crippen LogP contribution >= 0.6 is 0 Å². The van der Waals surface area contributed by atoms with E-state index in [4.69, 9.17) is 0 Å². The molecular weight excluding hydrogens is 224 g/mol. The maximum Gasteiger partial charge on any atom is 0.0753 e.